The zero-order chi connectivity index (χ0) is 49.7. The van der Waals surface area contributed by atoms with Crippen LogP contribution in [0.5, 0.6) is 0 Å². The molecule has 0 aromatic heterocycles. The van der Waals surface area contributed by atoms with Gasteiger partial charge in [0.25, 0.3) is 0 Å². The molecule has 2 heterocycles. The van der Waals surface area contributed by atoms with Crippen LogP contribution in [-0.2, 0) is 23.8 Å². The Morgan fingerprint density at radius 1 is 0.806 bits per heavy atom. The van der Waals surface area contributed by atoms with Gasteiger partial charge >= 0.3 is 35.5 Å². The Kier molecular flexibility index (Phi) is 29.9. The molecule has 0 aliphatic carbocycles. The Morgan fingerprint density at radius 3 is 1.97 bits per heavy atom. The number of aliphatic carboxylic acids is 2. The zero-order valence-corrected chi connectivity index (χ0v) is 41.3. The molecular formula is C47H76NNaO18. The molecular weight excluding hydrogens is 889 g/mol. The molecule has 2 fully saturated rings. The molecule has 0 spiro atoms. The molecule has 19 nitrogen and oxygen atoms in total. The molecule has 378 valence electrons. The number of carbonyl (C=O) groups is 2. The Balaban J connectivity index is 0.0000224. The summed E-state index contributed by atoms with van der Waals surface area (Å²) < 4.78 is 17.6. The molecule has 19 atom stereocenters. The maximum atomic E-state index is 12.5. The second kappa shape index (κ2) is 31.9. The third kappa shape index (κ3) is 23.0. The van der Waals surface area contributed by atoms with Crippen LogP contribution >= 0.6 is 0 Å². The van der Waals surface area contributed by atoms with E-state index >= 15 is 0 Å². The van der Waals surface area contributed by atoms with Crippen LogP contribution in [-0.4, -0.2) is 171 Å². The second-order valence-corrected chi connectivity index (χ2v) is 17.8. The van der Waals surface area contributed by atoms with Crippen molar-refractivity contribution in [3.63, 3.8) is 0 Å². The Hall–Kier alpha value is -2.22. The van der Waals surface area contributed by atoms with Crippen molar-refractivity contribution in [2.24, 2.45) is 23.5 Å². The monoisotopic (exact) mass is 965 g/mol. The van der Waals surface area contributed by atoms with Crippen LogP contribution < -0.4 is 40.4 Å². The van der Waals surface area contributed by atoms with Crippen molar-refractivity contribution in [1.82, 2.24) is 0 Å². The number of carboxylic acids is 2. The summed E-state index contributed by atoms with van der Waals surface area (Å²) >= 11 is 0. The molecule has 0 amide bonds. The van der Waals surface area contributed by atoms with Crippen LogP contribution in [0, 0.1) is 17.8 Å². The van der Waals surface area contributed by atoms with Gasteiger partial charge in [-0.25, -0.2) is 0 Å². The summed E-state index contributed by atoms with van der Waals surface area (Å²) in [5, 5.41) is 136. The number of carbonyl (C=O) groups excluding carboxylic acids is 1. The van der Waals surface area contributed by atoms with Crippen LogP contribution in [0.15, 0.2) is 72.9 Å². The third-order valence-corrected chi connectivity index (χ3v) is 11.9. The van der Waals surface area contributed by atoms with Gasteiger partial charge in [0.05, 0.1) is 79.3 Å². The van der Waals surface area contributed by atoms with Gasteiger partial charge in [0.1, 0.15) is 12.0 Å². The summed E-state index contributed by atoms with van der Waals surface area (Å²) in [6, 6.07) is -1.16. The second-order valence-electron chi connectivity index (χ2n) is 17.8. The molecule has 2 aliphatic heterocycles. The van der Waals surface area contributed by atoms with Crippen molar-refractivity contribution >= 4 is 11.9 Å². The summed E-state index contributed by atoms with van der Waals surface area (Å²) in [6.07, 6.45) is 1.87. The number of unbranched alkanes of at least 4 members (excludes halogenated alkanes) is 1. The molecule has 0 aromatic carbocycles. The minimum absolute atomic E-state index is 0. The van der Waals surface area contributed by atoms with E-state index in [2.05, 4.69) is 0 Å². The smallest absolute Gasteiger partial charge is 0.550 e. The number of nitrogens with two attached hydrogens (primary N) is 1. The van der Waals surface area contributed by atoms with Crippen molar-refractivity contribution in [2.75, 3.05) is 0 Å². The topological polar surface area (TPSA) is 354 Å². The summed E-state index contributed by atoms with van der Waals surface area (Å²) in [6.45, 7) is 6.87. The molecule has 1 unspecified atom stereocenters. The fourth-order valence-electron chi connectivity index (χ4n) is 7.76. The van der Waals surface area contributed by atoms with Gasteiger partial charge in [-0.15, -0.1) is 0 Å². The summed E-state index contributed by atoms with van der Waals surface area (Å²) in [7, 11) is 0. The molecule has 2 rings (SSSR count). The van der Waals surface area contributed by atoms with E-state index in [1.807, 2.05) is 43.4 Å². The maximum Gasteiger partial charge on any atom is 1.00 e. The number of aliphatic hydroxyl groups is 11. The van der Waals surface area contributed by atoms with E-state index in [1.165, 1.54) is 13.0 Å². The van der Waals surface area contributed by atoms with E-state index in [4.69, 9.17) is 19.9 Å². The summed E-state index contributed by atoms with van der Waals surface area (Å²) in [5.74, 6) is -7.31. The first kappa shape index (κ1) is 62.8. The fraction of sp³-hybridized carbons (Fsp3) is 0.702. The molecule has 0 radical (unpaired) electrons. The van der Waals surface area contributed by atoms with Crippen molar-refractivity contribution in [3.05, 3.63) is 72.9 Å². The summed E-state index contributed by atoms with van der Waals surface area (Å²) in [4.78, 5) is 23.1. The first-order chi connectivity index (χ1) is 31.0. The standard InChI is InChI=1S/C47H77NO18.Na/c1-27(42(58)28(2)29(3)49)17-15-13-11-9-7-5-6-8-10-12-14-16-18-34(65-46-44(60)41(48)43(59)30(4)64-46)24-38-40(45(61)62)37(55)26-47(63,66-38)25-36(54)35(53)20-19-31(50)21-32(51)22-33(52)23-39(56)57;/h5-6,8,10-18,27-38,40-44,46,49-55,58-60,63H,7,9,19-26,48H2,1-4H3,(H,56,57)(H,61,62);/q;+1/p-1/b6-5+,10-8+,13-11+,14-12+,17-15+,18-16+;/t27-,28-,29-,30+,31+,32+,33+,34-,35+,36+,37-,38-,40+,41-,42+,43+,44-,46?,47+;/m0./s1. The Bertz CT molecular complexity index is 1610. The number of carboxylic acid groups (broad SMARTS) is 2. The average molecular weight is 966 g/mol. The molecule has 67 heavy (non-hydrogen) atoms. The van der Waals surface area contributed by atoms with Gasteiger partial charge in [-0.3, -0.25) is 4.79 Å². The van der Waals surface area contributed by atoms with E-state index in [0.717, 1.165) is 12.8 Å². The molecule has 2 saturated heterocycles. The quantitative estimate of drug-likeness (QED) is 0.0194. The molecule has 14 N–H and O–H groups in total. The van der Waals surface area contributed by atoms with Gasteiger partial charge in [-0.05, 0) is 52.4 Å². The normalized spacial score (nSPS) is 30.9. The largest absolute Gasteiger partial charge is 1.00 e. The molecule has 2 aliphatic rings. The first-order valence-electron chi connectivity index (χ1n) is 22.7. The number of hydrogen-bond donors (Lipinski definition) is 13. The minimum Gasteiger partial charge on any atom is -0.550 e. The van der Waals surface area contributed by atoms with Crippen molar-refractivity contribution < 1.29 is 120 Å². The number of ether oxygens (including phenoxy) is 3. The minimum atomic E-state index is -2.37. The van der Waals surface area contributed by atoms with Crippen molar-refractivity contribution in [2.45, 2.75) is 189 Å². The Morgan fingerprint density at radius 2 is 1.37 bits per heavy atom. The van der Waals surface area contributed by atoms with E-state index in [-0.39, 0.29) is 73.5 Å². The van der Waals surface area contributed by atoms with Gasteiger partial charge in [0.15, 0.2) is 12.1 Å². The van der Waals surface area contributed by atoms with Crippen LogP contribution in [0.3, 0.4) is 0 Å². The third-order valence-electron chi connectivity index (χ3n) is 11.9. The maximum absolute atomic E-state index is 12.5. The molecule has 20 heteroatoms. The fourth-order valence-corrected chi connectivity index (χ4v) is 7.76. The predicted octanol–water partition coefficient (Wildman–Crippen LogP) is -3.87. The van der Waals surface area contributed by atoms with Crippen LogP contribution in [0.2, 0.25) is 0 Å². The molecule has 0 saturated carbocycles. The van der Waals surface area contributed by atoms with Crippen LogP contribution in [0.4, 0.5) is 0 Å². The molecule has 0 bridgehead atoms. The number of aliphatic hydroxyl groups excluding tert-OH is 10. The van der Waals surface area contributed by atoms with E-state index in [0.29, 0.717) is 0 Å². The van der Waals surface area contributed by atoms with Crippen LogP contribution in [0.25, 0.3) is 0 Å². The van der Waals surface area contributed by atoms with Gasteiger partial charge in [-0.1, -0.05) is 86.8 Å². The van der Waals surface area contributed by atoms with E-state index in [9.17, 15) is 76.0 Å². The van der Waals surface area contributed by atoms with Gasteiger partial charge in [0, 0.05) is 43.5 Å². The van der Waals surface area contributed by atoms with Gasteiger partial charge < -0.3 is 91.1 Å². The van der Waals surface area contributed by atoms with E-state index in [1.54, 1.807) is 44.2 Å². The van der Waals surface area contributed by atoms with Crippen molar-refractivity contribution in [3.8, 4) is 0 Å². The van der Waals surface area contributed by atoms with Crippen LogP contribution in [0.1, 0.15) is 91.9 Å². The number of hydrogen-bond acceptors (Lipinski definition) is 18. The Labute approximate surface area is 415 Å². The molecule has 0 aromatic rings. The predicted molar refractivity (Wildman–Crippen MR) is 238 cm³/mol. The van der Waals surface area contributed by atoms with Gasteiger partial charge in [-0.2, -0.15) is 0 Å². The average Bonchev–Trinajstić information content (AvgIpc) is 3.22. The van der Waals surface area contributed by atoms with E-state index < -0.39 is 135 Å². The zero-order valence-electron chi connectivity index (χ0n) is 39.3. The number of rotatable bonds is 29. The SMILES string of the molecule is C[C@H]([C@H](O)[C@@H](C)/C=C/C=C/CC/C=C/C=C/C=C/C=C/[C@@H](C[C@@H]1O[C@](O)(C[C@@H](O)[C@H](O)CC[C@@H](O)C[C@@H](O)C[C@@H](O)CC(=O)[O-])C[C@H](O)[C@H]1C(=O)O)OC1O[C@H](C)[C@@H](O)[C@H](N)[C@@H]1O)[C@H](C)O.[Na+]. The first-order valence-corrected chi connectivity index (χ1v) is 22.7. The number of allylic oxidation sites excluding steroid dienone is 10. The van der Waals surface area contributed by atoms with Gasteiger partial charge in [0.2, 0.25) is 0 Å². The summed E-state index contributed by atoms with van der Waals surface area (Å²) in [5.41, 5.74) is 6.01. The van der Waals surface area contributed by atoms with Crippen molar-refractivity contribution in [1.29, 1.82) is 0 Å².